The minimum Gasteiger partial charge on any atom is -0.462 e. The van der Waals surface area contributed by atoms with Crippen LogP contribution in [0, 0.1) is 0 Å². The maximum Gasteiger partial charge on any atom is 0.345 e. The van der Waals surface area contributed by atoms with Gasteiger partial charge in [0.05, 0.1) is 6.61 Å². The van der Waals surface area contributed by atoms with Crippen LogP contribution in [0.25, 0.3) is 0 Å². The zero-order valence-electron chi connectivity index (χ0n) is 7.05. The minimum atomic E-state index is -0.586. The Labute approximate surface area is 70.1 Å². The molecule has 1 heterocycles. The molecule has 4 nitrogen and oxygen atoms in total. The molecule has 0 amide bonds. The van der Waals surface area contributed by atoms with E-state index in [1.165, 1.54) is 0 Å². The standard InChI is InChI=1S/C8H10O4/c1-3-11-7(9)6-5(2)4-12-8(6)10/h3-4H2,1-2H3. The summed E-state index contributed by atoms with van der Waals surface area (Å²) in [7, 11) is 0. The van der Waals surface area contributed by atoms with E-state index in [9.17, 15) is 9.59 Å². The van der Waals surface area contributed by atoms with Crippen molar-refractivity contribution in [3.63, 3.8) is 0 Å². The summed E-state index contributed by atoms with van der Waals surface area (Å²) in [6, 6.07) is 0. The summed E-state index contributed by atoms with van der Waals surface area (Å²) >= 11 is 0. The van der Waals surface area contributed by atoms with Crippen molar-refractivity contribution in [2.75, 3.05) is 13.2 Å². The van der Waals surface area contributed by atoms with Gasteiger partial charge in [-0.1, -0.05) is 0 Å². The predicted molar refractivity (Wildman–Crippen MR) is 40.3 cm³/mol. The fourth-order valence-electron chi connectivity index (χ4n) is 0.953. The second-order valence-electron chi connectivity index (χ2n) is 2.45. The van der Waals surface area contributed by atoms with Crippen molar-refractivity contribution < 1.29 is 19.1 Å². The van der Waals surface area contributed by atoms with Crippen molar-refractivity contribution in [1.29, 1.82) is 0 Å². The lowest BCUT2D eigenvalue weighted by atomic mass is 10.2. The molecule has 0 atom stereocenters. The maximum absolute atomic E-state index is 11.1. The average molecular weight is 170 g/mol. The molecule has 0 N–H and O–H groups in total. The van der Waals surface area contributed by atoms with Gasteiger partial charge in [0, 0.05) is 0 Å². The number of esters is 2. The van der Waals surface area contributed by atoms with Gasteiger partial charge in [-0.15, -0.1) is 0 Å². The van der Waals surface area contributed by atoms with Crippen LogP contribution < -0.4 is 0 Å². The van der Waals surface area contributed by atoms with Crippen LogP contribution in [-0.4, -0.2) is 25.2 Å². The molecule has 4 heteroatoms. The third-order valence-corrected chi connectivity index (χ3v) is 1.53. The highest BCUT2D eigenvalue weighted by Gasteiger charge is 2.29. The molecule has 66 valence electrons. The van der Waals surface area contributed by atoms with Crippen LogP contribution in [0.1, 0.15) is 13.8 Å². The molecule has 0 fully saturated rings. The van der Waals surface area contributed by atoms with Crippen LogP contribution in [0.5, 0.6) is 0 Å². The molecule has 0 spiro atoms. The van der Waals surface area contributed by atoms with E-state index in [1.54, 1.807) is 13.8 Å². The van der Waals surface area contributed by atoms with Crippen LogP contribution >= 0.6 is 0 Å². The van der Waals surface area contributed by atoms with Gasteiger partial charge in [0.15, 0.2) is 0 Å². The Kier molecular flexibility index (Phi) is 2.47. The first-order valence-electron chi connectivity index (χ1n) is 3.70. The van der Waals surface area contributed by atoms with Gasteiger partial charge in [-0.2, -0.15) is 0 Å². The first kappa shape index (κ1) is 8.77. The lowest BCUT2D eigenvalue weighted by molar-refractivity contribution is -0.144. The van der Waals surface area contributed by atoms with Crippen molar-refractivity contribution in [3.8, 4) is 0 Å². The molecule has 0 saturated carbocycles. The summed E-state index contributed by atoms with van der Waals surface area (Å²) in [4.78, 5) is 22.0. The maximum atomic E-state index is 11.1. The highest BCUT2D eigenvalue weighted by atomic mass is 16.6. The average Bonchev–Trinajstić information content (AvgIpc) is 2.32. The second-order valence-corrected chi connectivity index (χ2v) is 2.45. The van der Waals surface area contributed by atoms with E-state index in [-0.39, 0.29) is 18.8 Å². The summed E-state index contributed by atoms with van der Waals surface area (Å²) in [5, 5.41) is 0. The fourth-order valence-corrected chi connectivity index (χ4v) is 0.953. The highest BCUT2D eigenvalue weighted by Crippen LogP contribution is 2.16. The Bertz CT molecular complexity index is 252. The SMILES string of the molecule is CCOC(=O)C1=C(C)COC1=O. The Morgan fingerprint density at radius 3 is 2.75 bits per heavy atom. The lowest BCUT2D eigenvalue weighted by Gasteiger charge is -1.99. The summed E-state index contributed by atoms with van der Waals surface area (Å²) in [6.45, 7) is 3.83. The van der Waals surface area contributed by atoms with Crippen LogP contribution in [-0.2, 0) is 19.1 Å². The largest absolute Gasteiger partial charge is 0.462 e. The fraction of sp³-hybridized carbons (Fsp3) is 0.500. The van der Waals surface area contributed by atoms with E-state index >= 15 is 0 Å². The van der Waals surface area contributed by atoms with Gasteiger partial charge in [0.1, 0.15) is 12.2 Å². The van der Waals surface area contributed by atoms with Gasteiger partial charge < -0.3 is 9.47 Å². The Balaban J connectivity index is 2.79. The zero-order chi connectivity index (χ0) is 9.14. The molecule has 12 heavy (non-hydrogen) atoms. The van der Waals surface area contributed by atoms with Gasteiger partial charge in [0.2, 0.25) is 0 Å². The summed E-state index contributed by atoms with van der Waals surface area (Å²) in [5.41, 5.74) is 0.690. The number of hydrogen-bond acceptors (Lipinski definition) is 4. The smallest absolute Gasteiger partial charge is 0.345 e. The Morgan fingerprint density at radius 1 is 1.67 bits per heavy atom. The lowest BCUT2D eigenvalue weighted by Crippen LogP contribution is -2.13. The third kappa shape index (κ3) is 1.47. The molecule has 0 bridgehead atoms. The number of hydrogen-bond donors (Lipinski definition) is 0. The molecule has 1 aliphatic heterocycles. The number of carbonyl (C=O) groups is 2. The Hall–Kier alpha value is -1.32. The van der Waals surface area contributed by atoms with Crippen molar-refractivity contribution >= 4 is 11.9 Å². The van der Waals surface area contributed by atoms with Gasteiger partial charge in [-0.05, 0) is 19.4 Å². The molecule has 0 aliphatic carbocycles. The molecule has 0 unspecified atom stereocenters. The van der Waals surface area contributed by atoms with E-state index in [4.69, 9.17) is 0 Å². The number of ether oxygens (including phenoxy) is 2. The van der Waals surface area contributed by atoms with E-state index in [2.05, 4.69) is 9.47 Å². The van der Waals surface area contributed by atoms with Crippen molar-refractivity contribution in [1.82, 2.24) is 0 Å². The first-order chi connectivity index (χ1) is 5.66. The molecule has 0 aromatic rings. The topological polar surface area (TPSA) is 52.6 Å². The Morgan fingerprint density at radius 2 is 2.33 bits per heavy atom. The minimum absolute atomic E-state index is 0.0526. The number of rotatable bonds is 2. The molecular weight excluding hydrogens is 160 g/mol. The van der Waals surface area contributed by atoms with E-state index in [0.29, 0.717) is 5.57 Å². The zero-order valence-corrected chi connectivity index (χ0v) is 7.05. The van der Waals surface area contributed by atoms with Gasteiger partial charge in [-0.25, -0.2) is 9.59 Å². The van der Waals surface area contributed by atoms with Crippen LogP contribution in [0.15, 0.2) is 11.1 Å². The van der Waals surface area contributed by atoms with Gasteiger partial charge >= 0.3 is 11.9 Å². The van der Waals surface area contributed by atoms with E-state index in [1.807, 2.05) is 0 Å². The van der Waals surface area contributed by atoms with Crippen LogP contribution in [0.3, 0.4) is 0 Å². The van der Waals surface area contributed by atoms with E-state index < -0.39 is 11.9 Å². The summed E-state index contributed by atoms with van der Waals surface area (Å²) in [6.07, 6.45) is 0. The van der Waals surface area contributed by atoms with Gasteiger partial charge in [-0.3, -0.25) is 0 Å². The highest BCUT2D eigenvalue weighted by molar-refractivity contribution is 6.16. The third-order valence-electron chi connectivity index (χ3n) is 1.53. The normalized spacial score (nSPS) is 16.3. The molecule has 0 radical (unpaired) electrons. The van der Waals surface area contributed by atoms with E-state index in [0.717, 1.165) is 0 Å². The first-order valence-corrected chi connectivity index (χ1v) is 3.70. The summed E-state index contributed by atoms with van der Waals surface area (Å²) < 4.78 is 9.30. The molecule has 1 aliphatic rings. The number of cyclic esters (lactones) is 1. The summed E-state index contributed by atoms with van der Waals surface area (Å²) in [5.74, 6) is -1.16. The van der Waals surface area contributed by atoms with Crippen molar-refractivity contribution in [3.05, 3.63) is 11.1 Å². The van der Waals surface area contributed by atoms with Gasteiger partial charge in [0.25, 0.3) is 0 Å². The molecular formula is C8H10O4. The molecule has 0 aromatic heterocycles. The molecule has 0 saturated heterocycles. The van der Waals surface area contributed by atoms with Crippen LogP contribution in [0.4, 0.5) is 0 Å². The second kappa shape index (κ2) is 3.38. The van der Waals surface area contributed by atoms with Crippen molar-refractivity contribution in [2.24, 2.45) is 0 Å². The molecule has 0 aromatic carbocycles. The molecule has 1 rings (SSSR count). The number of carbonyl (C=O) groups excluding carboxylic acids is 2. The van der Waals surface area contributed by atoms with Crippen LogP contribution in [0.2, 0.25) is 0 Å². The quantitative estimate of drug-likeness (QED) is 0.445. The predicted octanol–water partition coefficient (Wildman–Crippen LogP) is 0.423. The van der Waals surface area contributed by atoms with Crippen molar-refractivity contribution in [2.45, 2.75) is 13.8 Å². The monoisotopic (exact) mass is 170 g/mol.